The molecular weight excluding hydrogens is 194 g/mol. The Hall–Kier alpha value is -0.920. The molecule has 0 bridgehead atoms. The first-order valence-electron chi connectivity index (χ1n) is 4.89. The van der Waals surface area contributed by atoms with Gasteiger partial charge in [0.05, 0.1) is 10.7 Å². The van der Waals surface area contributed by atoms with Crippen molar-refractivity contribution in [2.45, 2.75) is 25.7 Å². The van der Waals surface area contributed by atoms with Crippen molar-refractivity contribution in [2.75, 3.05) is 13.1 Å². The Labute approximate surface area is 87.8 Å². The summed E-state index contributed by atoms with van der Waals surface area (Å²) in [6, 6.07) is 2.20. The molecule has 0 spiro atoms. The number of hydrogen-bond donors (Lipinski definition) is 1. The molecule has 0 atom stereocenters. The van der Waals surface area contributed by atoms with Crippen molar-refractivity contribution in [1.82, 2.24) is 10.3 Å². The van der Waals surface area contributed by atoms with Crippen molar-refractivity contribution >= 4 is 11.3 Å². The van der Waals surface area contributed by atoms with Crippen LogP contribution >= 0.6 is 11.3 Å². The third-order valence-electron chi connectivity index (χ3n) is 2.60. The Morgan fingerprint density at radius 1 is 1.50 bits per heavy atom. The molecule has 1 saturated heterocycles. The van der Waals surface area contributed by atoms with E-state index in [-0.39, 0.29) is 0 Å². The average Bonchev–Trinajstić information content (AvgIpc) is 2.61. The van der Waals surface area contributed by atoms with E-state index in [1.807, 2.05) is 6.92 Å². The maximum atomic E-state index is 8.84. The lowest BCUT2D eigenvalue weighted by atomic mass is 9.99. The molecule has 4 heteroatoms. The van der Waals surface area contributed by atoms with E-state index >= 15 is 0 Å². The smallest absolute Gasteiger partial charge is 0.127 e. The van der Waals surface area contributed by atoms with Crippen LogP contribution in [0.5, 0.6) is 0 Å². The number of nitrogens with one attached hydrogen (secondary N) is 1. The molecule has 1 aliphatic rings. The number of thiazole rings is 1. The third kappa shape index (κ3) is 1.79. The van der Waals surface area contributed by atoms with Crippen LogP contribution in [-0.4, -0.2) is 18.1 Å². The van der Waals surface area contributed by atoms with Gasteiger partial charge in [0.1, 0.15) is 10.9 Å². The van der Waals surface area contributed by atoms with E-state index in [4.69, 9.17) is 5.26 Å². The van der Waals surface area contributed by atoms with Gasteiger partial charge in [-0.3, -0.25) is 0 Å². The number of aryl methyl sites for hydroxylation is 1. The van der Waals surface area contributed by atoms with Crippen LogP contribution in [0.1, 0.15) is 34.3 Å². The van der Waals surface area contributed by atoms with Crippen LogP contribution in [0.25, 0.3) is 0 Å². The molecule has 1 N–H and O–H groups in total. The second-order valence-corrected chi connectivity index (χ2v) is 4.63. The van der Waals surface area contributed by atoms with Crippen LogP contribution in [0.2, 0.25) is 0 Å². The fourth-order valence-corrected chi connectivity index (χ4v) is 2.80. The minimum atomic E-state index is 0.571. The molecule has 14 heavy (non-hydrogen) atoms. The Morgan fingerprint density at radius 3 is 2.79 bits per heavy atom. The van der Waals surface area contributed by atoms with Crippen LogP contribution in [0.3, 0.4) is 0 Å². The minimum Gasteiger partial charge on any atom is -0.317 e. The van der Waals surface area contributed by atoms with Crippen molar-refractivity contribution < 1.29 is 0 Å². The summed E-state index contributed by atoms with van der Waals surface area (Å²) >= 11 is 1.57. The first-order valence-corrected chi connectivity index (χ1v) is 5.71. The van der Waals surface area contributed by atoms with Gasteiger partial charge < -0.3 is 5.32 Å². The monoisotopic (exact) mass is 207 g/mol. The van der Waals surface area contributed by atoms with E-state index in [0.717, 1.165) is 41.5 Å². The molecule has 0 amide bonds. The zero-order valence-corrected chi connectivity index (χ0v) is 9.02. The molecular formula is C10H13N3S. The second-order valence-electron chi connectivity index (χ2n) is 3.60. The van der Waals surface area contributed by atoms with E-state index < -0.39 is 0 Å². The molecule has 74 valence electrons. The second kappa shape index (κ2) is 4.07. The Balaban J connectivity index is 2.19. The van der Waals surface area contributed by atoms with Crippen molar-refractivity contribution in [3.05, 3.63) is 15.6 Å². The van der Waals surface area contributed by atoms with Gasteiger partial charge in [-0.2, -0.15) is 5.26 Å². The van der Waals surface area contributed by atoms with Gasteiger partial charge in [-0.25, -0.2) is 4.98 Å². The Bertz CT molecular complexity index is 358. The molecule has 1 aromatic heterocycles. The zero-order chi connectivity index (χ0) is 9.97. The van der Waals surface area contributed by atoms with E-state index in [1.165, 1.54) is 0 Å². The summed E-state index contributed by atoms with van der Waals surface area (Å²) in [6.45, 7) is 4.07. The molecule has 0 unspecified atom stereocenters. The predicted molar refractivity (Wildman–Crippen MR) is 56.4 cm³/mol. The lowest BCUT2D eigenvalue weighted by molar-refractivity contribution is 0.459. The minimum absolute atomic E-state index is 0.571. The van der Waals surface area contributed by atoms with Gasteiger partial charge in [-0.15, -0.1) is 11.3 Å². The summed E-state index contributed by atoms with van der Waals surface area (Å²) in [5, 5.41) is 13.3. The van der Waals surface area contributed by atoms with Gasteiger partial charge in [0.2, 0.25) is 0 Å². The van der Waals surface area contributed by atoms with Crippen LogP contribution < -0.4 is 5.32 Å². The summed E-state index contributed by atoms with van der Waals surface area (Å²) in [5.74, 6) is 0.571. The van der Waals surface area contributed by atoms with Crippen molar-refractivity contribution in [2.24, 2.45) is 0 Å². The molecule has 3 nitrogen and oxygen atoms in total. The lowest BCUT2D eigenvalue weighted by Gasteiger charge is -2.20. The SMILES string of the molecule is Cc1nc(C2CCNCC2)sc1C#N. The van der Waals surface area contributed by atoms with E-state index in [1.54, 1.807) is 11.3 Å². The van der Waals surface area contributed by atoms with Crippen LogP contribution in [0.4, 0.5) is 0 Å². The highest BCUT2D eigenvalue weighted by Crippen LogP contribution is 2.30. The fourth-order valence-electron chi connectivity index (χ4n) is 1.76. The molecule has 1 fully saturated rings. The first-order chi connectivity index (χ1) is 6.81. The standard InChI is InChI=1S/C10H13N3S/c1-7-9(6-11)14-10(13-7)8-2-4-12-5-3-8/h8,12H,2-5H2,1H3. The van der Waals surface area contributed by atoms with Crippen LogP contribution in [0.15, 0.2) is 0 Å². The van der Waals surface area contributed by atoms with Crippen molar-refractivity contribution in [3.63, 3.8) is 0 Å². The summed E-state index contributed by atoms with van der Waals surface area (Å²) < 4.78 is 0. The third-order valence-corrected chi connectivity index (χ3v) is 3.83. The largest absolute Gasteiger partial charge is 0.317 e. The molecule has 1 aromatic rings. The maximum Gasteiger partial charge on any atom is 0.127 e. The Kier molecular flexibility index (Phi) is 2.80. The highest BCUT2D eigenvalue weighted by atomic mass is 32.1. The summed E-state index contributed by atoms with van der Waals surface area (Å²) in [5.41, 5.74) is 0.894. The van der Waals surface area contributed by atoms with Gasteiger partial charge >= 0.3 is 0 Å². The summed E-state index contributed by atoms with van der Waals surface area (Å²) in [7, 11) is 0. The van der Waals surface area contributed by atoms with E-state index in [2.05, 4.69) is 16.4 Å². The topological polar surface area (TPSA) is 48.7 Å². The van der Waals surface area contributed by atoms with E-state index in [0.29, 0.717) is 5.92 Å². The first kappa shape index (κ1) is 9.63. The van der Waals surface area contributed by atoms with Gasteiger partial charge in [-0.1, -0.05) is 0 Å². The summed E-state index contributed by atoms with van der Waals surface area (Å²) in [4.78, 5) is 5.25. The number of hydrogen-bond acceptors (Lipinski definition) is 4. The molecule has 0 radical (unpaired) electrons. The predicted octanol–water partition coefficient (Wildman–Crippen LogP) is 1.79. The molecule has 1 aliphatic heterocycles. The van der Waals surface area contributed by atoms with Crippen LogP contribution in [-0.2, 0) is 0 Å². The molecule has 0 saturated carbocycles. The number of nitrogens with zero attached hydrogens (tertiary/aromatic N) is 2. The molecule has 2 heterocycles. The fraction of sp³-hybridized carbons (Fsp3) is 0.600. The number of aromatic nitrogens is 1. The van der Waals surface area contributed by atoms with Gasteiger partial charge in [0.25, 0.3) is 0 Å². The van der Waals surface area contributed by atoms with Gasteiger partial charge in [0.15, 0.2) is 0 Å². The summed E-state index contributed by atoms with van der Waals surface area (Å²) in [6.07, 6.45) is 2.30. The Morgan fingerprint density at radius 2 is 2.21 bits per heavy atom. The highest BCUT2D eigenvalue weighted by molar-refractivity contribution is 7.12. The van der Waals surface area contributed by atoms with Crippen molar-refractivity contribution in [3.8, 4) is 6.07 Å². The number of piperidine rings is 1. The number of rotatable bonds is 1. The lowest BCUT2D eigenvalue weighted by Crippen LogP contribution is -2.26. The molecule has 0 aliphatic carbocycles. The number of nitriles is 1. The highest BCUT2D eigenvalue weighted by Gasteiger charge is 2.19. The molecule has 0 aromatic carbocycles. The normalized spacial score (nSPS) is 18.0. The van der Waals surface area contributed by atoms with Gasteiger partial charge in [-0.05, 0) is 32.9 Å². The van der Waals surface area contributed by atoms with Gasteiger partial charge in [0, 0.05) is 5.92 Å². The maximum absolute atomic E-state index is 8.84. The van der Waals surface area contributed by atoms with Crippen LogP contribution in [0, 0.1) is 18.3 Å². The quantitative estimate of drug-likeness (QED) is 0.763. The van der Waals surface area contributed by atoms with Crippen molar-refractivity contribution in [1.29, 1.82) is 5.26 Å². The molecule has 2 rings (SSSR count). The zero-order valence-electron chi connectivity index (χ0n) is 8.21. The average molecular weight is 207 g/mol. The van der Waals surface area contributed by atoms with E-state index in [9.17, 15) is 0 Å².